The molecule has 0 radical (unpaired) electrons. The second-order valence-corrected chi connectivity index (χ2v) is 5.17. The standard InChI is InChI=1S/C14H23N3/c1-12(14-5-8-17(2)9-6-14)16-11-13-4-3-7-15-10-13/h3-4,7,10,12,14,16H,5-6,8-9,11H2,1-2H3/t12-/m0/s1. The summed E-state index contributed by atoms with van der Waals surface area (Å²) < 4.78 is 0. The van der Waals surface area contributed by atoms with Gasteiger partial charge in [0.1, 0.15) is 0 Å². The van der Waals surface area contributed by atoms with Crippen LogP contribution in [0.3, 0.4) is 0 Å². The minimum Gasteiger partial charge on any atom is -0.310 e. The van der Waals surface area contributed by atoms with Gasteiger partial charge in [-0.3, -0.25) is 4.98 Å². The molecule has 2 rings (SSSR count). The molecule has 1 atom stereocenters. The van der Waals surface area contributed by atoms with Crippen molar-refractivity contribution in [1.82, 2.24) is 15.2 Å². The Morgan fingerprint density at radius 3 is 2.88 bits per heavy atom. The summed E-state index contributed by atoms with van der Waals surface area (Å²) in [6.45, 7) is 5.72. The van der Waals surface area contributed by atoms with E-state index in [0.717, 1.165) is 12.5 Å². The van der Waals surface area contributed by atoms with Crippen LogP contribution >= 0.6 is 0 Å². The number of pyridine rings is 1. The summed E-state index contributed by atoms with van der Waals surface area (Å²) in [5.41, 5.74) is 1.27. The Labute approximate surface area is 104 Å². The third-order valence-corrected chi connectivity index (χ3v) is 3.82. The Morgan fingerprint density at radius 2 is 2.24 bits per heavy atom. The van der Waals surface area contributed by atoms with Gasteiger partial charge in [0, 0.05) is 25.0 Å². The van der Waals surface area contributed by atoms with Crippen LogP contribution in [0.25, 0.3) is 0 Å². The molecule has 0 unspecified atom stereocenters. The average Bonchev–Trinajstić information content (AvgIpc) is 2.38. The zero-order valence-electron chi connectivity index (χ0n) is 10.9. The molecule has 1 N–H and O–H groups in total. The van der Waals surface area contributed by atoms with Crippen LogP contribution < -0.4 is 5.32 Å². The first-order valence-corrected chi connectivity index (χ1v) is 6.56. The van der Waals surface area contributed by atoms with Crippen molar-refractivity contribution in [1.29, 1.82) is 0 Å². The van der Waals surface area contributed by atoms with Crippen molar-refractivity contribution in [2.45, 2.75) is 32.4 Å². The lowest BCUT2D eigenvalue weighted by molar-refractivity contribution is 0.189. The van der Waals surface area contributed by atoms with Gasteiger partial charge in [-0.15, -0.1) is 0 Å². The Morgan fingerprint density at radius 1 is 1.47 bits per heavy atom. The van der Waals surface area contributed by atoms with Crippen molar-refractivity contribution in [2.75, 3.05) is 20.1 Å². The number of nitrogens with one attached hydrogen (secondary N) is 1. The molecular formula is C14H23N3. The molecule has 1 aliphatic heterocycles. The summed E-state index contributed by atoms with van der Waals surface area (Å²) in [5.74, 6) is 0.822. The molecule has 0 spiro atoms. The van der Waals surface area contributed by atoms with Crippen LogP contribution in [-0.2, 0) is 6.54 Å². The molecule has 1 saturated heterocycles. The Bertz CT molecular complexity index is 317. The number of rotatable bonds is 4. The maximum Gasteiger partial charge on any atom is 0.0312 e. The van der Waals surface area contributed by atoms with E-state index in [9.17, 15) is 0 Å². The molecule has 94 valence electrons. The molecule has 1 aliphatic rings. The third-order valence-electron chi connectivity index (χ3n) is 3.82. The lowest BCUT2D eigenvalue weighted by atomic mass is 9.90. The number of nitrogens with zero attached hydrogens (tertiary/aromatic N) is 2. The first kappa shape index (κ1) is 12.5. The highest BCUT2D eigenvalue weighted by Gasteiger charge is 2.21. The van der Waals surface area contributed by atoms with E-state index in [-0.39, 0.29) is 0 Å². The lowest BCUT2D eigenvalue weighted by Gasteiger charge is -2.33. The number of hydrogen-bond donors (Lipinski definition) is 1. The first-order chi connectivity index (χ1) is 8.25. The first-order valence-electron chi connectivity index (χ1n) is 6.56. The zero-order valence-corrected chi connectivity index (χ0v) is 10.9. The summed E-state index contributed by atoms with van der Waals surface area (Å²) in [6, 6.07) is 4.72. The fourth-order valence-electron chi connectivity index (χ4n) is 2.48. The summed E-state index contributed by atoms with van der Waals surface area (Å²) in [5, 5.41) is 3.62. The molecule has 3 heteroatoms. The molecule has 0 aliphatic carbocycles. The molecule has 2 heterocycles. The van der Waals surface area contributed by atoms with Crippen LogP contribution in [-0.4, -0.2) is 36.1 Å². The van der Waals surface area contributed by atoms with Gasteiger partial charge in [0.15, 0.2) is 0 Å². The van der Waals surface area contributed by atoms with Gasteiger partial charge in [-0.25, -0.2) is 0 Å². The molecule has 1 aromatic heterocycles. The molecule has 0 saturated carbocycles. The van der Waals surface area contributed by atoms with E-state index in [1.165, 1.54) is 31.5 Å². The van der Waals surface area contributed by atoms with Crippen LogP contribution in [0.15, 0.2) is 24.5 Å². The van der Waals surface area contributed by atoms with Crippen molar-refractivity contribution in [3.63, 3.8) is 0 Å². The number of hydrogen-bond acceptors (Lipinski definition) is 3. The van der Waals surface area contributed by atoms with Gasteiger partial charge >= 0.3 is 0 Å². The predicted octanol–water partition coefficient (Wildman–Crippen LogP) is 1.90. The highest BCUT2D eigenvalue weighted by molar-refractivity contribution is 5.08. The lowest BCUT2D eigenvalue weighted by Crippen LogP contribution is -2.40. The van der Waals surface area contributed by atoms with Gasteiger partial charge in [-0.05, 0) is 57.5 Å². The van der Waals surface area contributed by atoms with E-state index in [1.807, 2.05) is 18.5 Å². The van der Waals surface area contributed by atoms with Gasteiger partial charge in [0.2, 0.25) is 0 Å². The summed E-state index contributed by atoms with van der Waals surface area (Å²) in [6.07, 6.45) is 6.40. The summed E-state index contributed by atoms with van der Waals surface area (Å²) >= 11 is 0. The number of piperidine rings is 1. The van der Waals surface area contributed by atoms with Gasteiger partial charge in [0.05, 0.1) is 0 Å². The van der Waals surface area contributed by atoms with Crippen LogP contribution in [0.2, 0.25) is 0 Å². The van der Waals surface area contributed by atoms with Crippen LogP contribution in [0, 0.1) is 5.92 Å². The largest absolute Gasteiger partial charge is 0.310 e. The predicted molar refractivity (Wildman–Crippen MR) is 70.8 cm³/mol. The maximum atomic E-state index is 4.14. The van der Waals surface area contributed by atoms with E-state index in [1.54, 1.807) is 0 Å². The summed E-state index contributed by atoms with van der Waals surface area (Å²) in [4.78, 5) is 6.56. The SMILES string of the molecule is C[C@H](NCc1cccnc1)C1CCN(C)CC1. The van der Waals surface area contributed by atoms with Gasteiger partial charge in [-0.2, -0.15) is 0 Å². The van der Waals surface area contributed by atoms with E-state index >= 15 is 0 Å². The van der Waals surface area contributed by atoms with Crippen LogP contribution in [0.1, 0.15) is 25.3 Å². The monoisotopic (exact) mass is 233 g/mol. The molecular weight excluding hydrogens is 210 g/mol. The highest BCUT2D eigenvalue weighted by Crippen LogP contribution is 2.19. The van der Waals surface area contributed by atoms with Gasteiger partial charge in [0.25, 0.3) is 0 Å². The quantitative estimate of drug-likeness (QED) is 0.861. The zero-order chi connectivity index (χ0) is 12.1. The van der Waals surface area contributed by atoms with Gasteiger partial charge in [-0.1, -0.05) is 6.07 Å². The molecule has 3 nitrogen and oxygen atoms in total. The topological polar surface area (TPSA) is 28.2 Å². The third kappa shape index (κ3) is 3.79. The second-order valence-electron chi connectivity index (χ2n) is 5.17. The van der Waals surface area contributed by atoms with Crippen molar-refractivity contribution in [2.24, 2.45) is 5.92 Å². The normalized spacial score (nSPS) is 20.4. The van der Waals surface area contributed by atoms with Crippen molar-refractivity contribution >= 4 is 0 Å². The Kier molecular flexibility index (Phi) is 4.51. The van der Waals surface area contributed by atoms with E-state index < -0.39 is 0 Å². The van der Waals surface area contributed by atoms with E-state index in [0.29, 0.717) is 6.04 Å². The van der Waals surface area contributed by atoms with E-state index in [2.05, 4.69) is 35.2 Å². The molecule has 17 heavy (non-hydrogen) atoms. The number of aromatic nitrogens is 1. The highest BCUT2D eigenvalue weighted by atomic mass is 15.1. The number of likely N-dealkylation sites (tertiary alicyclic amines) is 1. The Hall–Kier alpha value is -0.930. The molecule has 1 fully saturated rings. The van der Waals surface area contributed by atoms with Gasteiger partial charge < -0.3 is 10.2 Å². The minimum atomic E-state index is 0.601. The fraction of sp³-hybridized carbons (Fsp3) is 0.643. The molecule has 1 aromatic rings. The molecule has 0 amide bonds. The molecule has 0 bridgehead atoms. The minimum absolute atomic E-state index is 0.601. The Balaban J connectivity index is 1.75. The van der Waals surface area contributed by atoms with Crippen LogP contribution in [0.5, 0.6) is 0 Å². The average molecular weight is 233 g/mol. The second kappa shape index (κ2) is 6.12. The maximum absolute atomic E-state index is 4.14. The fourth-order valence-corrected chi connectivity index (χ4v) is 2.48. The van der Waals surface area contributed by atoms with E-state index in [4.69, 9.17) is 0 Å². The smallest absolute Gasteiger partial charge is 0.0312 e. The summed E-state index contributed by atoms with van der Waals surface area (Å²) in [7, 11) is 2.21. The van der Waals surface area contributed by atoms with Crippen molar-refractivity contribution in [3.05, 3.63) is 30.1 Å². The van der Waals surface area contributed by atoms with Crippen LogP contribution in [0.4, 0.5) is 0 Å². The molecule has 0 aromatic carbocycles. The van der Waals surface area contributed by atoms with Crippen molar-refractivity contribution in [3.8, 4) is 0 Å². The van der Waals surface area contributed by atoms with Crippen molar-refractivity contribution < 1.29 is 0 Å².